The summed E-state index contributed by atoms with van der Waals surface area (Å²) in [5, 5.41) is 7.38. The molecule has 2 aromatic rings. The number of hydrogen-bond acceptors (Lipinski definition) is 4. The lowest BCUT2D eigenvalue weighted by Crippen LogP contribution is -2.36. The summed E-state index contributed by atoms with van der Waals surface area (Å²) in [7, 11) is 0. The van der Waals surface area contributed by atoms with E-state index in [0.29, 0.717) is 5.95 Å². The highest BCUT2D eigenvalue weighted by molar-refractivity contribution is 9.10. The third-order valence-corrected chi connectivity index (χ3v) is 3.00. The molecule has 2 rings (SSSR count). The van der Waals surface area contributed by atoms with E-state index in [1.165, 1.54) is 0 Å². The van der Waals surface area contributed by atoms with Crippen LogP contribution >= 0.6 is 15.9 Å². The van der Waals surface area contributed by atoms with Crippen molar-refractivity contribution in [1.29, 1.82) is 0 Å². The van der Waals surface area contributed by atoms with E-state index in [2.05, 4.69) is 31.3 Å². The van der Waals surface area contributed by atoms with Crippen molar-refractivity contribution in [2.24, 2.45) is 5.73 Å². The molecule has 0 unspecified atom stereocenters. The summed E-state index contributed by atoms with van der Waals surface area (Å²) >= 11 is 3.40. The number of amides is 1. The molecular weight excluding hydrogens is 298 g/mol. The summed E-state index contributed by atoms with van der Waals surface area (Å²) in [5.41, 5.74) is 5.43. The second kappa shape index (κ2) is 4.56. The lowest BCUT2D eigenvalue weighted by Gasteiger charge is -2.23. The molecule has 0 fully saturated rings. The van der Waals surface area contributed by atoms with Crippen LogP contribution in [-0.4, -0.2) is 26.0 Å². The van der Waals surface area contributed by atoms with Gasteiger partial charge in [-0.2, -0.15) is 4.98 Å². The van der Waals surface area contributed by atoms with Crippen molar-refractivity contribution in [2.75, 3.05) is 5.32 Å². The average molecular weight is 312 g/mol. The number of pyridine rings is 1. The number of carbonyl (C=O) groups excluding carboxylic acids is 1. The van der Waals surface area contributed by atoms with Gasteiger partial charge in [-0.25, -0.2) is 4.52 Å². The van der Waals surface area contributed by atoms with Gasteiger partial charge in [-0.05, 0) is 41.9 Å². The van der Waals surface area contributed by atoms with Crippen LogP contribution in [-0.2, 0) is 4.79 Å². The van der Waals surface area contributed by atoms with Gasteiger partial charge in [0.2, 0.25) is 11.9 Å². The number of carbonyl (C=O) groups is 1. The predicted molar refractivity (Wildman–Crippen MR) is 72.2 cm³/mol. The number of hydrogen-bond donors (Lipinski definition) is 2. The Balaban J connectivity index is 2.27. The van der Waals surface area contributed by atoms with Gasteiger partial charge in [-0.3, -0.25) is 4.79 Å². The third kappa shape index (κ3) is 2.79. The van der Waals surface area contributed by atoms with Crippen LogP contribution in [0.5, 0.6) is 0 Å². The van der Waals surface area contributed by atoms with E-state index < -0.39 is 5.54 Å². The van der Waals surface area contributed by atoms with E-state index in [9.17, 15) is 4.79 Å². The Bertz CT molecular complexity index is 592. The highest BCUT2D eigenvalue weighted by Gasteiger charge is 2.22. The lowest BCUT2D eigenvalue weighted by atomic mass is 10.0. The first-order valence-corrected chi connectivity index (χ1v) is 6.24. The zero-order valence-corrected chi connectivity index (χ0v) is 11.7. The van der Waals surface area contributed by atoms with Crippen molar-refractivity contribution in [3.05, 3.63) is 22.8 Å². The SMILES string of the molecule is CC(C)(CC(N)=O)Nc1nc2c(Br)cccn2n1. The summed E-state index contributed by atoms with van der Waals surface area (Å²) in [4.78, 5) is 15.3. The number of primary amides is 1. The van der Waals surface area contributed by atoms with Gasteiger partial charge in [0, 0.05) is 18.2 Å². The van der Waals surface area contributed by atoms with Crippen LogP contribution in [0.2, 0.25) is 0 Å². The predicted octanol–water partition coefficient (Wildman–Crippen LogP) is 1.56. The molecule has 0 bridgehead atoms. The van der Waals surface area contributed by atoms with Crippen LogP contribution in [0, 0.1) is 0 Å². The normalized spacial score (nSPS) is 11.7. The quantitative estimate of drug-likeness (QED) is 0.897. The zero-order valence-electron chi connectivity index (χ0n) is 10.1. The summed E-state index contributed by atoms with van der Waals surface area (Å²) in [6, 6.07) is 3.76. The maximum Gasteiger partial charge on any atom is 0.243 e. The Morgan fingerprint density at radius 2 is 2.33 bits per heavy atom. The number of anilines is 1. The average Bonchev–Trinajstić information content (AvgIpc) is 2.58. The number of rotatable bonds is 4. The first-order chi connectivity index (χ1) is 8.37. The van der Waals surface area contributed by atoms with Gasteiger partial charge < -0.3 is 11.1 Å². The van der Waals surface area contributed by atoms with E-state index in [1.54, 1.807) is 10.7 Å². The molecule has 0 saturated heterocycles. The first-order valence-electron chi connectivity index (χ1n) is 5.45. The largest absolute Gasteiger partial charge is 0.370 e. The summed E-state index contributed by atoms with van der Waals surface area (Å²) in [6.07, 6.45) is 2.02. The molecule has 0 aliphatic rings. The summed E-state index contributed by atoms with van der Waals surface area (Å²) in [6.45, 7) is 3.75. The molecular formula is C11H14BrN5O. The molecule has 0 aliphatic carbocycles. The Hall–Kier alpha value is -1.63. The first kappa shape index (κ1) is 12.8. The number of nitrogens with zero attached hydrogens (tertiary/aromatic N) is 3. The van der Waals surface area contributed by atoms with Crippen LogP contribution in [0.3, 0.4) is 0 Å². The third-order valence-electron chi connectivity index (χ3n) is 2.38. The Kier molecular flexibility index (Phi) is 3.25. The number of aromatic nitrogens is 3. The van der Waals surface area contributed by atoms with Crippen molar-refractivity contribution in [2.45, 2.75) is 25.8 Å². The van der Waals surface area contributed by atoms with Gasteiger partial charge in [0.1, 0.15) is 0 Å². The van der Waals surface area contributed by atoms with E-state index >= 15 is 0 Å². The van der Waals surface area contributed by atoms with Gasteiger partial charge >= 0.3 is 0 Å². The maximum atomic E-state index is 11.0. The fourth-order valence-electron chi connectivity index (χ4n) is 1.71. The van der Waals surface area contributed by atoms with Crippen LogP contribution in [0.15, 0.2) is 22.8 Å². The van der Waals surface area contributed by atoms with Gasteiger partial charge in [0.15, 0.2) is 5.65 Å². The van der Waals surface area contributed by atoms with Crippen molar-refractivity contribution in [1.82, 2.24) is 14.6 Å². The Morgan fingerprint density at radius 1 is 1.61 bits per heavy atom. The standard InChI is InChI=1S/C11H14BrN5O/c1-11(2,6-8(13)18)15-10-14-9-7(12)4-3-5-17(9)16-10/h3-5H,6H2,1-2H3,(H2,13,18)(H,15,16). The molecule has 96 valence electrons. The topological polar surface area (TPSA) is 85.3 Å². The molecule has 0 spiro atoms. The molecule has 6 nitrogen and oxygen atoms in total. The molecule has 7 heteroatoms. The Labute approximate surface area is 113 Å². The second-order valence-corrected chi connectivity index (χ2v) is 5.57. The van der Waals surface area contributed by atoms with Gasteiger partial charge in [0.25, 0.3) is 0 Å². The number of fused-ring (bicyclic) bond motifs is 1. The Morgan fingerprint density at radius 3 is 2.94 bits per heavy atom. The second-order valence-electron chi connectivity index (χ2n) is 4.71. The van der Waals surface area contributed by atoms with Crippen molar-refractivity contribution in [3.63, 3.8) is 0 Å². The number of nitrogens with two attached hydrogens (primary N) is 1. The van der Waals surface area contributed by atoms with Crippen molar-refractivity contribution < 1.29 is 4.79 Å². The maximum absolute atomic E-state index is 11.0. The molecule has 0 aromatic carbocycles. The molecule has 0 radical (unpaired) electrons. The van der Waals surface area contributed by atoms with E-state index in [-0.39, 0.29) is 12.3 Å². The van der Waals surface area contributed by atoms with E-state index in [0.717, 1.165) is 10.1 Å². The van der Waals surface area contributed by atoms with Crippen LogP contribution < -0.4 is 11.1 Å². The molecule has 0 atom stereocenters. The minimum Gasteiger partial charge on any atom is -0.370 e. The van der Waals surface area contributed by atoms with Crippen LogP contribution in [0.4, 0.5) is 5.95 Å². The summed E-state index contributed by atoms with van der Waals surface area (Å²) in [5.74, 6) is 0.102. The van der Waals surface area contributed by atoms with Crippen molar-refractivity contribution >= 4 is 33.4 Å². The van der Waals surface area contributed by atoms with Gasteiger partial charge in [-0.15, -0.1) is 5.10 Å². The smallest absolute Gasteiger partial charge is 0.243 e. The minimum absolute atomic E-state index is 0.212. The highest BCUT2D eigenvalue weighted by Crippen LogP contribution is 2.19. The molecule has 3 N–H and O–H groups in total. The van der Waals surface area contributed by atoms with Gasteiger partial charge in [0.05, 0.1) is 4.47 Å². The van der Waals surface area contributed by atoms with E-state index in [1.807, 2.05) is 26.0 Å². The molecule has 1 amide bonds. The number of nitrogens with one attached hydrogen (secondary N) is 1. The summed E-state index contributed by atoms with van der Waals surface area (Å²) < 4.78 is 2.52. The molecule has 18 heavy (non-hydrogen) atoms. The fourth-order valence-corrected chi connectivity index (χ4v) is 2.13. The highest BCUT2D eigenvalue weighted by atomic mass is 79.9. The molecule has 2 aromatic heterocycles. The lowest BCUT2D eigenvalue weighted by molar-refractivity contribution is -0.118. The van der Waals surface area contributed by atoms with Crippen LogP contribution in [0.25, 0.3) is 5.65 Å². The molecule has 2 heterocycles. The molecule has 0 aliphatic heterocycles. The minimum atomic E-state index is -0.483. The van der Waals surface area contributed by atoms with Gasteiger partial charge in [-0.1, -0.05) is 0 Å². The van der Waals surface area contributed by atoms with E-state index in [4.69, 9.17) is 5.73 Å². The van der Waals surface area contributed by atoms with Crippen LogP contribution in [0.1, 0.15) is 20.3 Å². The monoisotopic (exact) mass is 311 g/mol. The molecule has 0 saturated carbocycles. The number of halogens is 1. The zero-order chi connectivity index (χ0) is 13.3. The van der Waals surface area contributed by atoms with Crippen molar-refractivity contribution in [3.8, 4) is 0 Å². The fraction of sp³-hybridized carbons (Fsp3) is 0.364.